The zero-order chi connectivity index (χ0) is 13.8. The lowest BCUT2D eigenvalue weighted by atomic mass is 9.93. The molecule has 0 saturated heterocycles. The number of halogens is 2. The van der Waals surface area contributed by atoms with Crippen LogP contribution in [0.15, 0.2) is 28.7 Å². The molecule has 1 atom stereocenters. The number of amidine groups is 1. The Hall–Kier alpha value is -0.850. The number of thioether (sulfide) groups is 1. The standard InChI is InChI=1S/C13H14BrFN2OS/c14-11-5-8(1-2-12(11)15)10-3-4-18-6-9(10)7-19-13(16)17/h1-3,5,9H,4,6-7H2,(H3,16,17). The Labute approximate surface area is 124 Å². The third-order valence-corrected chi connectivity index (χ3v) is 4.36. The van der Waals surface area contributed by atoms with Gasteiger partial charge in [-0.25, -0.2) is 4.39 Å². The minimum Gasteiger partial charge on any atom is -0.379 e. The molecule has 1 aliphatic heterocycles. The molecule has 1 unspecified atom stereocenters. The Bertz CT molecular complexity index is 521. The normalized spacial score (nSPS) is 19.1. The lowest BCUT2D eigenvalue weighted by Gasteiger charge is -2.24. The summed E-state index contributed by atoms with van der Waals surface area (Å²) in [6.45, 7) is 1.16. The molecular weight excluding hydrogens is 331 g/mol. The molecule has 0 amide bonds. The highest BCUT2D eigenvalue weighted by Gasteiger charge is 2.20. The smallest absolute Gasteiger partial charge is 0.151 e. The van der Waals surface area contributed by atoms with Crippen molar-refractivity contribution in [3.8, 4) is 0 Å². The molecule has 0 spiro atoms. The topological polar surface area (TPSA) is 59.1 Å². The third kappa shape index (κ3) is 3.81. The van der Waals surface area contributed by atoms with E-state index in [-0.39, 0.29) is 16.9 Å². The van der Waals surface area contributed by atoms with Gasteiger partial charge in [-0.15, -0.1) is 0 Å². The molecule has 0 fully saturated rings. The molecule has 1 aromatic carbocycles. The summed E-state index contributed by atoms with van der Waals surface area (Å²) < 4.78 is 19.2. The van der Waals surface area contributed by atoms with Crippen molar-refractivity contribution < 1.29 is 9.13 Å². The lowest BCUT2D eigenvalue weighted by Crippen LogP contribution is -2.21. The van der Waals surface area contributed by atoms with Crippen molar-refractivity contribution >= 4 is 38.4 Å². The fraction of sp³-hybridized carbons (Fsp3) is 0.308. The molecule has 0 aromatic heterocycles. The predicted octanol–water partition coefficient (Wildman–Crippen LogP) is 3.24. The molecule has 102 valence electrons. The number of nitrogens with two attached hydrogens (primary N) is 1. The summed E-state index contributed by atoms with van der Waals surface area (Å²) in [5.74, 6) is 0.585. The number of hydrogen-bond donors (Lipinski definition) is 2. The quantitative estimate of drug-likeness (QED) is 0.653. The summed E-state index contributed by atoms with van der Waals surface area (Å²) >= 11 is 4.50. The first kappa shape index (κ1) is 14.6. The van der Waals surface area contributed by atoms with Crippen LogP contribution in [0.1, 0.15) is 5.56 Å². The Balaban J connectivity index is 2.21. The number of rotatable bonds is 3. The fourth-order valence-corrected chi connectivity index (χ4v) is 3.01. The minimum absolute atomic E-state index is 0.102. The van der Waals surface area contributed by atoms with Crippen LogP contribution < -0.4 is 5.73 Å². The monoisotopic (exact) mass is 344 g/mol. The van der Waals surface area contributed by atoms with E-state index in [2.05, 4.69) is 15.9 Å². The highest BCUT2D eigenvalue weighted by atomic mass is 79.9. The molecule has 3 nitrogen and oxygen atoms in total. The van der Waals surface area contributed by atoms with Crippen LogP contribution >= 0.6 is 27.7 Å². The molecule has 1 aromatic rings. The van der Waals surface area contributed by atoms with Gasteiger partial charge in [-0.3, -0.25) is 5.41 Å². The molecule has 2 rings (SSSR count). The van der Waals surface area contributed by atoms with Crippen molar-refractivity contribution in [1.82, 2.24) is 0 Å². The van der Waals surface area contributed by atoms with Crippen LogP contribution in [0.4, 0.5) is 4.39 Å². The zero-order valence-electron chi connectivity index (χ0n) is 10.2. The Morgan fingerprint density at radius 1 is 1.58 bits per heavy atom. The number of benzene rings is 1. The van der Waals surface area contributed by atoms with Crippen LogP contribution in [0.25, 0.3) is 5.57 Å². The molecule has 0 bridgehead atoms. The second-order valence-corrected chi connectivity index (χ2v) is 6.11. The van der Waals surface area contributed by atoms with Crippen LogP contribution in [0, 0.1) is 17.1 Å². The maximum absolute atomic E-state index is 13.3. The molecule has 6 heteroatoms. The number of hydrogen-bond acceptors (Lipinski definition) is 3. The van der Waals surface area contributed by atoms with Crippen LogP contribution in [0.3, 0.4) is 0 Å². The first-order valence-electron chi connectivity index (χ1n) is 5.78. The van der Waals surface area contributed by atoms with E-state index in [1.54, 1.807) is 12.1 Å². The van der Waals surface area contributed by atoms with Crippen molar-refractivity contribution in [3.63, 3.8) is 0 Å². The van der Waals surface area contributed by atoms with Gasteiger partial charge in [0, 0.05) is 11.7 Å². The summed E-state index contributed by atoms with van der Waals surface area (Å²) in [6, 6.07) is 4.99. The summed E-state index contributed by atoms with van der Waals surface area (Å²) in [5, 5.41) is 7.37. The van der Waals surface area contributed by atoms with E-state index in [1.165, 1.54) is 17.8 Å². The average Bonchev–Trinajstić information content (AvgIpc) is 2.40. The van der Waals surface area contributed by atoms with E-state index < -0.39 is 0 Å². The van der Waals surface area contributed by atoms with Gasteiger partial charge in [-0.1, -0.05) is 23.9 Å². The van der Waals surface area contributed by atoms with Crippen molar-refractivity contribution in [3.05, 3.63) is 40.1 Å². The minimum atomic E-state index is -0.272. The Kier molecular flexibility index (Phi) is 5.01. The van der Waals surface area contributed by atoms with Gasteiger partial charge in [0.2, 0.25) is 0 Å². The summed E-state index contributed by atoms with van der Waals surface area (Å²) in [6.07, 6.45) is 2.01. The van der Waals surface area contributed by atoms with E-state index in [4.69, 9.17) is 15.9 Å². The van der Waals surface area contributed by atoms with E-state index in [0.717, 1.165) is 11.1 Å². The Morgan fingerprint density at radius 2 is 2.37 bits per heavy atom. The van der Waals surface area contributed by atoms with Crippen molar-refractivity contribution in [2.45, 2.75) is 0 Å². The van der Waals surface area contributed by atoms with E-state index in [9.17, 15) is 4.39 Å². The third-order valence-electron chi connectivity index (χ3n) is 2.87. The highest BCUT2D eigenvalue weighted by molar-refractivity contribution is 9.10. The second-order valence-electron chi connectivity index (χ2n) is 4.20. The fourth-order valence-electron chi connectivity index (χ4n) is 1.97. The summed E-state index contributed by atoms with van der Waals surface area (Å²) in [4.78, 5) is 0. The summed E-state index contributed by atoms with van der Waals surface area (Å²) in [5.41, 5.74) is 7.47. The van der Waals surface area contributed by atoms with Gasteiger partial charge in [0.05, 0.1) is 17.7 Å². The Morgan fingerprint density at radius 3 is 3.05 bits per heavy atom. The number of ether oxygens (including phenoxy) is 1. The highest BCUT2D eigenvalue weighted by Crippen LogP contribution is 2.31. The van der Waals surface area contributed by atoms with Gasteiger partial charge in [0.25, 0.3) is 0 Å². The van der Waals surface area contributed by atoms with Crippen LogP contribution in [0.2, 0.25) is 0 Å². The molecule has 0 saturated carbocycles. The number of nitrogens with one attached hydrogen (secondary N) is 1. The van der Waals surface area contributed by atoms with Crippen LogP contribution in [-0.4, -0.2) is 24.1 Å². The maximum Gasteiger partial charge on any atom is 0.151 e. The lowest BCUT2D eigenvalue weighted by molar-refractivity contribution is 0.137. The van der Waals surface area contributed by atoms with Crippen LogP contribution in [-0.2, 0) is 4.74 Å². The van der Waals surface area contributed by atoms with Crippen LogP contribution in [0.5, 0.6) is 0 Å². The largest absolute Gasteiger partial charge is 0.379 e. The predicted molar refractivity (Wildman–Crippen MR) is 80.8 cm³/mol. The van der Waals surface area contributed by atoms with Gasteiger partial charge in [-0.05, 0) is 39.2 Å². The van der Waals surface area contributed by atoms with Crippen molar-refractivity contribution in [1.29, 1.82) is 5.41 Å². The molecule has 3 N–H and O–H groups in total. The molecule has 0 aliphatic carbocycles. The van der Waals surface area contributed by atoms with Gasteiger partial charge >= 0.3 is 0 Å². The van der Waals surface area contributed by atoms with Crippen molar-refractivity contribution in [2.75, 3.05) is 19.0 Å². The molecule has 1 heterocycles. The van der Waals surface area contributed by atoms with E-state index in [1.807, 2.05) is 6.08 Å². The molecule has 1 aliphatic rings. The van der Waals surface area contributed by atoms with E-state index in [0.29, 0.717) is 23.4 Å². The average molecular weight is 345 g/mol. The van der Waals surface area contributed by atoms with E-state index >= 15 is 0 Å². The van der Waals surface area contributed by atoms with Gasteiger partial charge in [0.1, 0.15) is 5.82 Å². The molecular formula is C13H14BrFN2OS. The SMILES string of the molecule is N=C(N)SCC1COCC=C1c1ccc(F)c(Br)c1. The molecule has 19 heavy (non-hydrogen) atoms. The maximum atomic E-state index is 13.3. The van der Waals surface area contributed by atoms with Gasteiger partial charge in [0.15, 0.2) is 5.17 Å². The summed E-state index contributed by atoms with van der Waals surface area (Å²) in [7, 11) is 0. The molecule has 0 radical (unpaired) electrons. The first-order chi connectivity index (χ1) is 9.08. The van der Waals surface area contributed by atoms with Crippen molar-refractivity contribution in [2.24, 2.45) is 11.7 Å². The first-order valence-corrected chi connectivity index (χ1v) is 7.56. The van der Waals surface area contributed by atoms with Gasteiger partial charge in [-0.2, -0.15) is 0 Å². The zero-order valence-corrected chi connectivity index (χ0v) is 12.6. The van der Waals surface area contributed by atoms with Gasteiger partial charge < -0.3 is 10.5 Å². The second kappa shape index (κ2) is 6.54.